The van der Waals surface area contributed by atoms with Crippen molar-refractivity contribution in [3.8, 4) is 11.5 Å². The van der Waals surface area contributed by atoms with E-state index in [1.807, 2.05) is 0 Å². The van der Waals surface area contributed by atoms with Crippen molar-refractivity contribution in [3.63, 3.8) is 0 Å². The second-order valence-corrected chi connectivity index (χ2v) is 6.21. The molecule has 138 valence electrons. The largest absolute Gasteiger partial charge is 0.465 e. The van der Waals surface area contributed by atoms with Crippen LogP contribution in [0.4, 0.5) is 17.6 Å². The average molecular weight is 368 g/mol. The van der Waals surface area contributed by atoms with Crippen LogP contribution in [0, 0.1) is 12.7 Å². The van der Waals surface area contributed by atoms with E-state index >= 15 is 0 Å². The Balaban J connectivity index is 2.13. The molecule has 0 heterocycles. The second kappa shape index (κ2) is 6.63. The molecule has 0 bridgehead atoms. The predicted octanol–water partition coefficient (Wildman–Crippen LogP) is 5.61. The average Bonchev–Trinajstić information content (AvgIpc) is 3.40. The van der Waals surface area contributed by atoms with E-state index in [2.05, 4.69) is 4.74 Å². The summed E-state index contributed by atoms with van der Waals surface area (Å²) in [5.41, 5.74) is -0.634. The van der Waals surface area contributed by atoms with Gasteiger partial charge in [-0.05, 0) is 67.1 Å². The zero-order valence-electron chi connectivity index (χ0n) is 14.1. The Bertz CT molecular complexity index is 855. The van der Waals surface area contributed by atoms with Crippen LogP contribution >= 0.6 is 0 Å². The summed E-state index contributed by atoms with van der Waals surface area (Å²) in [5.74, 6) is -1.41. The summed E-state index contributed by atoms with van der Waals surface area (Å²) < 4.78 is 63.8. The molecule has 2 aromatic rings. The minimum Gasteiger partial charge on any atom is -0.465 e. The van der Waals surface area contributed by atoms with Crippen molar-refractivity contribution in [2.45, 2.75) is 31.9 Å². The van der Waals surface area contributed by atoms with Crippen LogP contribution in [0.2, 0.25) is 0 Å². The Kier molecular flexibility index (Phi) is 4.64. The van der Waals surface area contributed by atoms with E-state index in [1.165, 1.54) is 24.3 Å². The quantitative estimate of drug-likeness (QED) is 0.520. The van der Waals surface area contributed by atoms with Crippen molar-refractivity contribution >= 4 is 5.97 Å². The van der Waals surface area contributed by atoms with Gasteiger partial charge in [0.05, 0.1) is 12.7 Å². The van der Waals surface area contributed by atoms with E-state index in [0.717, 1.165) is 13.2 Å². The fraction of sp³-hybridized carbons (Fsp3) is 0.316. The molecule has 0 atom stereocenters. The maximum absolute atomic E-state index is 13.4. The van der Waals surface area contributed by atoms with Crippen LogP contribution in [-0.4, -0.2) is 13.1 Å². The topological polar surface area (TPSA) is 35.5 Å². The van der Waals surface area contributed by atoms with Crippen LogP contribution < -0.4 is 4.74 Å². The maximum Gasteiger partial charge on any atom is 0.416 e. The highest BCUT2D eigenvalue weighted by molar-refractivity contribution is 5.93. The number of aryl methyl sites for hydroxylation is 1. The summed E-state index contributed by atoms with van der Waals surface area (Å²) in [6.45, 7) is 1.60. The van der Waals surface area contributed by atoms with Gasteiger partial charge in [-0.3, -0.25) is 0 Å². The molecule has 1 aliphatic carbocycles. The third-order valence-corrected chi connectivity index (χ3v) is 4.24. The number of methoxy groups -OCH3 is 1. The van der Waals surface area contributed by atoms with E-state index in [-0.39, 0.29) is 28.5 Å². The lowest BCUT2D eigenvalue weighted by Crippen LogP contribution is -2.13. The molecule has 0 radical (unpaired) electrons. The summed E-state index contributed by atoms with van der Waals surface area (Å²) >= 11 is 0. The monoisotopic (exact) mass is 368 g/mol. The number of alkyl halides is 3. The number of esters is 1. The molecule has 0 amide bonds. The van der Waals surface area contributed by atoms with Gasteiger partial charge in [0.15, 0.2) is 0 Å². The van der Waals surface area contributed by atoms with Gasteiger partial charge in [-0.1, -0.05) is 0 Å². The van der Waals surface area contributed by atoms with Crippen molar-refractivity contribution in [2.75, 3.05) is 7.11 Å². The van der Waals surface area contributed by atoms with Crippen LogP contribution in [0.5, 0.6) is 11.5 Å². The normalized spacial score (nSPS) is 14.2. The van der Waals surface area contributed by atoms with Crippen LogP contribution in [0.3, 0.4) is 0 Å². The van der Waals surface area contributed by atoms with Crippen LogP contribution in [0.25, 0.3) is 0 Å². The third kappa shape index (κ3) is 3.66. The van der Waals surface area contributed by atoms with Gasteiger partial charge in [0.25, 0.3) is 0 Å². The molecule has 1 saturated carbocycles. The lowest BCUT2D eigenvalue weighted by Gasteiger charge is -2.18. The highest BCUT2D eigenvalue weighted by Gasteiger charge is 2.40. The first-order chi connectivity index (χ1) is 12.2. The third-order valence-electron chi connectivity index (χ3n) is 4.24. The molecule has 2 aromatic carbocycles. The van der Waals surface area contributed by atoms with Crippen LogP contribution in [0.15, 0.2) is 30.3 Å². The number of rotatable bonds is 4. The SMILES string of the molecule is COC(=O)c1cc(C(F)(F)F)c(C2CC2)cc1Oc1ccc(F)cc1C. The molecule has 1 aliphatic rings. The maximum atomic E-state index is 13.4. The molecule has 3 nitrogen and oxygen atoms in total. The molecular weight excluding hydrogens is 352 g/mol. The van der Waals surface area contributed by atoms with Crippen molar-refractivity contribution in [2.24, 2.45) is 0 Å². The first-order valence-corrected chi connectivity index (χ1v) is 7.98. The minimum atomic E-state index is -4.59. The fourth-order valence-electron chi connectivity index (χ4n) is 2.77. The number of halogens is 4. The molecule has 0 aromatic heterocycles. The Hall–Kier alpha value is -2.57. The minimum absolute atomic E-state index is 0.0403. The molecule has 3 rings (SSSR count). The number of carbonyl (C=O) groups excluding carboxylic acids is 1. The Morgan fingerprint density at radius 2 is 1.81 bits per heavy atom. The molecular formula is C19H16F4O3. The number of carbonyl (C=O) groups is 1. The molecule has 1 fully saturated rings. The van der Waals surface area contributed by atoms with E-state index in [9.17, 15) is 22.4 Å². The zero-order chi connectivity index (χ0) is 19.1. The summed E-state index contributed by atoms with van der Waals surface area (Å²) in [6, 6.07) is 5.79. The molecule has 0 saturated heterocycles. The van der Waals surface area contributed by atoms with Crippen molar-refractivity contribution in [3.05, 3.63) is 58.4 Å². The number of hydrogen-bond donors (Lipinski definition) is 0. The van der Waals surface area contributed by atoms with Gasteiger partial charge in [-0.2, -0.15) is 13.2 Å². The van der Waals surface area contributed by atoms with Gasteiger partial charge >= 0.3 is 12.1 Å². The smallest absolute Gasteiger partial charge is 0.416 e. The van der Waals surface area contributed by atoms with E-state index in [4.69, 9.17) is 4.74 Å². The number of hydrogen-bond acceptors (Lipinski definition) is 3. The van der Waals surface area contributed by atoms with Gasteiger partial charge in [0.1, 0.15) is 22.9 Å². The van der Waals surface area contributed by atoms with E-state index in [1.54, 1.807) is 6.92 Å². The lowest BCUT2D eigenvalue weighted by atomic mass is 9.98. The van der Waals surface area contributed by atoms with E-state index in [0.29, 0.717) is 18.4 Å². The summed E-state index contributed by atoms with van der Waals surface area (Å²) in [6.07, 6.45) is -3.30. The lowest BCUT2D eigenvalue weighted by molar-refractivity contribution is -0.138. The molecule has 26 heavy (non-hydrogen) atoms. The molecule has 0 aliphatic heterocycles. The van der Waals surface area contributed by atoms with Crippen molar-refractivity contribution in [1.82, 2.24) is 0 Å². The zero-order valence-corrected chi connectivity index (χ0v) is 14.1. The Morgan fingerprint density at radius 1 is 1.12 bits per heavy atom. The van der Waals surface area contributed by atoms with Crippen LogP contribution in [0.1, 0.15) is 45.8 Å². The summed E-state index contributed by atoms with van der Waals surface area (Å²) in [7, 11) is 1.08. The highest BCUT2D eigenvalue weighted by atomic mass is 19.4. The molecule has 0 spiro atoms. The van der Waals surface area contributed by atoms with E-state index < -0.39 is 23.5 Å². The Labute approximate surface area is 147 Å². The molecule has 0 N–H and O–H groups in total. The van der Waals surface area contributed by atoms with Crippen LogP contribution in [-0.2, 0) is 10.9 Å². The fourth-order valence-corrected chi connectivity index (χ4v) is 2.77. The van der Waals surface area contributed by atoms with Gasteiger partial charge in [-0.15, -0.1) is 0 Å². The first-order valence-electron chi connectivity index (χ1n) is 7.98. The van der Waals surface area contributed by atoms with Gasteiger partial charge in [0, 0.05) is 0 Å². The summed E-state index contributed by atoms with van der Waals surface area (Å²) in [4.78, 5) is 12.0. The highest BCUT2D eigenvalue weighted by Crippen LogP contribution is 2.48. The van der Waals surface area contributed by atoms with Crippen molar-refractivity contribution < 1.29 is 31.8 Å². The second-order valence-electron chi connectivity index (χ2n) is 6.21. The first kappa shape index (κ1) is 18.2. The van der Waals surface area contributed by atoms with Gasteiger partial charge in [-0.25, -0.2) is 9.18 Å². The predicted molar refractivity (Wildman–Crippen MR) is 86.0 cm³/mol. The molecule has 7 heteroatoms. The summed E-state index contributed by atoms with van der Waals surface area (Å²) in [5, 5.41) is 0. The van der Waals surface area contributed by atoms with Gasteiger partial charge in [0.2, 0.25) is 0 Å². The number of benzene rings is 2. The molecule has 0 unspecified atom stereocenters. The standard InChI is InChI=1S/C19H16F4O3/c1-10-7-12(20)5-6-16(10)26-17-9-13(11-3-4-11)15(19(21,22)23)8-14(17)18(24)25-2/h5-9,11H,3-4H2,1-2H3. The number of ether oxygens (including phenoxy) is 2. The van der Waals surface area contributed by atoms with Gasteiger partial charge < -0.3 is 9.47 Å². The van der Waals surface area contributed by atoms with Crippen molar-refractivity contribution in [1.29, 1.82) is 0 Å². The Morgan fingerprint density at radius 3 is 2.35 bits per heavy atom.